The molecule has 1 aliphatic carbocycles. The Balaban J connectivity index is 1.03. The van der Waals surface area contributed by atoms with Crippen LogP contribution in [0.25, 0.3) is 99.4 Å². The molecule has 0 amide bonds. The minimum Gasteiger partial charge on any atom is -0.0653 e. The molecule has 1 aliphatic rings. The second kappa shape index (κ2) is 16.5. The maximum absolute atomic E-state index is 2.56. The highest BCUT2D eigenvalue weighted by Crippen LogP contribution is 2.58. The Morgan fingerprint density at radius 1 is 0.258 bits per heavy atom. The van der Waals surface area contributed by atoms with Crippen LogP contribution < -0.4 is 0 Å². The standard InChI is InChI=1S/C66H48/c1-2-40-66(61-32-18-16-26-54(61)48-24-10-5-11-25-48)62-33-19-17-27-55(62)56-39-38-50(44-63(56)66)65-59-30-14-12-28-57(59)64(58-29-13-15-31-60(58)65)49-36-34-47(35-37-49)53-42-51(45-20-6-3-7-21-45)41-52(43-53)46-22-8-4-9-23-46/h3-39,41-44H,2,40H2,1H3. The molecule has 1 unspecified atom stereocenters. The Bertz CT molecular complexity index is 3450. The summed E-state index contributed by atoms with van der Waals surface area (Å²) in [5.74, 6) is 0. The van der Waals surface area contributed by atoms with E-state index in [1.54, 1.807) is 0 Å². The van der Waals surface area contributed by atoms with Crippen molar-refractivity contribution < 1.29 is 0 Å². The van der Waals surface area contributed by atoms with Crippen LogP contribution in [0.1, 0.15) is 36.5 Å². The predicted octanol–water partition coefficient (Wildman–Crippen LogP) is 18.1. The second-order valence-electron chi connectivity index (χ2n) is 17.8. The fourth-order valence-electron chi connectivity index (χ4n) is 11.3. The van der Waals surface area contributed by atoms with E-state index in [9.17, 15) is 0 Å². The molecule has 0 N–H and O–H groups in total. The molecule has 0 fully saturated rings. The average Bonchev–Trinajstić information content (AvgIpc) is 3.67. The fraction of sp³-hybridized carbons (Fsp3) is 0.0606. The third kappa shape index (κ3) is 6.52. The summed E-state index contributed by atoms with van der Waals surface area (Å²) in [6.45, 7) is 2.34. The Morgan fingerprint density at radius 2 is 0.621 bits per heavy atom. The van der Waals surface area contributed by atoms with Crippen LogP contribution >= 0.6 is 0 Å². The van der Waals surface area contributed by atoms with Gasteiger partial charge in [-0.05, 0) is 147 Å². The van der Waals surface area contributed by atoms with Crippen molar-refractivity contribution >= 4 is 21.5 Å². The van der Waals surface area contributed by atoms with Gasteiger partial charge in [-0.1, -0.05) is 238 Å². The van der Waals surface area contributed by atoms with E-state index in [-0.39, 0.29) is 5.41 Å². The van der Waals surface area contributed by atoms with Gasteiger partial charge < -0.3 is 0 Å². The molecule has 0 saturated heterocycles. The summed E-state index contributed by atoms with van der Waals surface area (Å²) in [5, 5.41) is 5.04. The highest BCUT2D eigenvalue weighted by atomic mass is 14.5. The molecule has 0 heterocycles. The minimum atomic E-state index is -0.321. The van der Waals surface area contributed by atoms with Crippen LogP contribution in [-0.4, -0.2) is 0 Å². The highest BCUT2D eigenvalue weighted by Gasteiger charge is 2.45. The van der Waals surface area contributed by atoms with Crippen molar-refractivity contribution in [3.63, 3.8) is 0 Å². The van der Waals surface area contributed by atoms with Crippen molar-refractivity contribution in [3.05, 3.63) is 265 Å². The fourth-order valence-corrected chi connectivity index (χ4v) is 11.3. The summed E-state index contributed by atoms with van der Waals surface area (Å²) in [5.41, 5.74) is 21.4. The van der Waals surface area contributed by atoms with Crippen molar-refractivity contribution in [3.8, 4) is 77.9 Å². The first kappa shape index (κ1) is 39.5. The number of benzene rings is 11. The quantitative estimate of drug-likeness (QED) is 0.127. The van der Waals surface area contributed by atoms with Gasteiger partial charge in [0.25, 0.3) is 0 Å². The maximum atomic E-state index is 2.56. The summed E-state index contributed by atoms with van der Waals surface area (Å²) >= 11 is 0. The van der Waals surface area contributed by atoms with Crippen LogP contribution in [0.5, 0.6) is 0 Å². The summed E-state index contributed by atoms with van der Waals surface area (Å²) in [4.78, 5) is 0. The zero-order chi connectivity index (χ0) is 44.0. The summed E-state index contributed by atoms with van der Waals surface area (Å²) < 4.78 is 0. The number of fused-ring (bicyclic) bond motifs is 5. The highest BCUT2D eigenvalue weighted by molar-refractivity contribution is 6.21. The Kier molecular flexibility index (Phi) is 9.88. The lowest BCUT2D eigenvalue weighted by Gasteiger charge is -2.35. The van der Waals surface area contributed by atoms with Gasteiger partial charge in [0, 0.05) is 5.41 Å². The van der Waals surface area contributed by atoms with Gasteiger partial charge in [-0.25, -0.2) is 0 Å². The topological polar surface area (TPSA) is 0 Å². The first-order valence-corrected chi connectivity index (χ1v) is 23.4. The molecule has 312 valence electrons. The monoisotopic (exact) mass is 840 g/mol. The maximum Gasteiger partial charge on any atom is 0.0469 e. The minimum absolute atomic E-state index is 0.321. The summed E-state index contributed by atoms with van der Waals surface area (Å²) in [6, 6.07) is 92.5. The van der Waals surface area contributed by atoms with Gasteiger partial charge in [0.1, 0.15) is 0 Å². The molecule has 12 rings (SSSR count). The first-order chi connectivity index (χ1) is 32.7. The third-order valence-corrected chi connectivity index (χ3v) is 14.1. The molecule has 0 heteroatoms. The second-order valence-corrected chi connectivity index (χ2v) is 17.8. The van der Waals surface area contributed by atoms with Crippen LogP contribution in [0.15, 0.2) is 249 Å². The van der Waals surface area contributed by atoms with Crippen molar-refractivity contribution in [1.82, 2.24) is 0 Å². The lowest BCUT2D eigenvalue weighted by atomic mass is 9.67. The largest absolute Gasteiger partial charge is 0.0653 e. The molecule has 1 atom stereocenters. The Labute approximate surface area is 388 Å². The van der Waals surface area contributed by atoms with E-state index in [4.69, 9.17) is 0 Å². The number of hydrogen-bond acceptors (Lipinski definition) is 0. The first-order valence-electron chi connectivity index (χ1n) is 23.4. The molecular formula is C66H48. The summed E-state index contributed by atoms with van der Waals surface area (Å²) in [6.07, 6.45) is 2.05. The summed E-state index contributed by atoms with van der Waals surface area (Å²) in [7, 11) is 0. The molecule has 0 aliphatic heterocycles. The molecule has 0 saturated carbocycles. The zero-order valence-corrected chi connectivity index (χ0v) is 37.1. The van der Waals surface area contributed by atoms with Gasteiger partial charge in [-0.15, -0.1) is 0 Å². The lowest BCUT2D eigenvalue weighted by molar-refractivity contribution is 0.564. The van der Waals surface area contributed by atoms with Gasteiger partial charge in [0.05, 0.1) is 0 Å². The third-order valence-electron chi connectivity index (χ3n) is 14.1. The van der Waals surface area contributed by atoms with Crippen molar-refractivity contribution in [1.29, 1.82) is 0 Å². The van der Waals surface area contributed by atoms with Gasteiger partial charge in [0.15, 0.2) is 0 Å². The van der Waals surface area contributed by atoms with Crippen LogP contribution in [0.2, 0.25) is 0 Å². The lowest BCUT2D eigenvalue weighted by Crippen LogP contribution is -2.27. The average molecular weight is 841 g/mol. The number of rotatable bonds is 9. The van der Waals surface area contributed by atoms with Gasteiger partial charge in [-0.2, -0.15) is 0 Å². The van der Waals surface area contributed by atoms with E-state index in [1.165, 1.54) is 116 Å². The van der Waals surface area contributed by atoms with E-state index >= 15 is 0 Å². The molecule has 0 bridgehead atoms. The van der Waals surface area contributed by atoms with Crippen LogP contribution in [-0.2, 0) is 5.41 Å². The molecule has 0 aromatic heterocycles. The molecule has 0 radical (unpaired) electrons. The molecule has 11 aromatic rings. The Morgan fingerprint density at radius 3 is 1.14 bits per heavy atom. The predicted molar refractivity (Wildman–Crippen MR) is 281 cm³/mol. The van der Waals surface area contributed by atoms with E-state index in [2.05, 4.69) is 256 Å². The van der Waals surface area contributed by atoms with Crippen molar-refractivity contribution in [2.45, 2.75) is 25.2 Å². The van der Waals surface area contributed by atoms with E-state index < -0.39 is 0 Å². The molecule has 0 nitrogen and oxygen atoms in total. The smallest absolute Gasteiger partial charge is 0.0469 e. The SMILES string of the molecule is CCCC1(c2ccccc2-c2ccccc2)c2ccccc2-c2ccc(-c3c4ccccc4c(-c4ccc(-c5cc(-c6ccccc6)cc(-c6ccccc6)c5)cc4)c4ccccc34)cc21. The normalized spacial score (nSPS) is 14.0. The van der Waals surface area contributed by atoms with Crippen LogP contribution in [0, 0.1) is 0 Å². The van der Waals surface area contributed by atoms with E-state index in [0.717, 1.165) is 12.8 Å². The Hall–Kier alpha value is -8.06. The van der Waals surface area contributed by atoms with Gasteiger partial charge in [-0.3, -0.25) is 0 Å². The van der Waals surface area contributed by atoms with Gasteiger partial charge in [0.2, 0.25) is 0 Å². The van der Waals surface area contributed by atoms with E-state index in [0.29, 0.717) is 0 Å². The van der Waals surface area contributed by atoms with Crippen molar-refractivity contribution in [2.75, 3.05) is 0 Å². The zero-order valence-electron chi connectivity index (χ0n) is 37.1. The van der Waals surface area contributed by atoms with Crippen LogP contribution in [0.4, 0.5) is 0 Å². The van der Waals surface area contributed by atoms with Crippen molar-refractivity contribution in [2.24, 2.45) is 0 Å². The molecule has 0 spiro atoms. The van der Waals surface area contributed by atoms with Crippen LogP contribution in [0.3, 0.4) is 0 Å². The van der Waals surface area contributed by atoms with E-state index in [1.807, 2.05) is 0 Å². The molecule has 66 heavy (non-hydrogen) atoms. The van der Waals surface area contributed by atoms with Gasteiger partial charge >= 0.3 is 0 Å². The molecular weight excluding hydrogens is 793 g/mol. The molecule has 11 aromatic carbocycles. The number of hydrogen-bond donors (Lipinski definition) is 0.